The SMILES string of the molecule is CNC(=O)[C@H](Cc1ccccc1)N(Cc1ccccc1C)C(=O)CSc1ccc(C)cc1. The van der Waals surface area contributed by atoms with Crippen LogP contribution in [0.5, 0.6) is 0 Å². The van der Waals surface area contributed by atoms with Gasteiger partial charge in [-0.3, -0.25) is 9.59 Å². The first-order chi connectivity index (χ1) is 15.5. The van der Waals surface area contributed by atoms with Crippen molar-refractivity contribution in [2.24, 2.45) is 0 Å². The average molecular weight is 447 g/mol. The maximum absolute atomic E-state index is 13.5. The van der Waals surface area contributed by atoms with Crippen molar-refractivity contribution in [3.63, 3.8) is 0 Å². The van der Waals surface area contributed by atoms with Crippen molar-refractivity contribution in [2.45, 2.75) is 37.8 Å². The molecular formula is C27H30N2O2S. The van der Waals surface area contributed by atoms with Gasteiger partial charge in [0.15, 0.2) is 0 Å². The van der Waals surface area contributed by atoms with Gasteiger partial charge in [0.05, 0.1) is 5.75 Å². The lowest BCUT2D eigenvalue weighted by Crippen LogP contribution is -2.50. The molecule has 0 radical (unpaired) electrons. The maximum atomic E-state index is 13.5. The van der Waals surface area contributed by atoms with Crippen LogP contribution < -0.4 is 5.32 Å². The molecule has 1 atom stereocenters. The zero-order valence-corrected chi connectivity index (χ0v) is 19.7. The molecule has 0 unspecified atom stereocenters. The van der Waals surface area contributed by atoms with Crippen LogP contribution in [-0.2, 0) is 22.6 Å². The van der Waals surface area contributed by atoms with E-state index in [1.165, 1.54) is 17.3 Å². The molecule has 0 spiro atoms. The zero-order chi connectivity index (χ0) is 22.9. The zero-order valence-electron chi connectivity index (χ0n) is 18.9. The summed E-state index contributed by atoms with van der Waals surface area (Å²) in [6.07, 6.45) is 0.466. The lowest BCUT2D eigenvalue weighted by atomic mass is 10.0. The van der Waals surface area contributed by atoms with E-state index in [0.29, 0.717) is 13.0 Å². The van der Waals surface area contributed by atoms with Crippen molar-refractivity contribution in [1.29, 1.82) is 0 Å². The summed E-state index contributed by atoms with van der Waals surface area (Å²) in [4.78, 5) is 29.2. The van der Waals surface area contributed by atoms with Gasteiger partial charge in [0.2, 0.25) is 11.8 Å². The second kappa shape index (κ2) is 11.5. The van der Waals surface area contributed by atoms with E-state index in [9.17, 15) is 9.59 Å². The van der Waals surface area contributed by atoms with Gasteiger partial charge in [-0.15, -0.1) is 11.8 Å². The first kappa shape index (κ1) is 23.6. The largest absolute Gasteiger partial charge is 0.357 e. The molecule has 0 saturated carbocycles. The molecule has 0 aliphatic heterocycles. The highest BCUT2D eigenvalue weighted by Gasteiger charge is 2.30. The standard InChI is InChI=1S/C27H30N2O2S/c1-20-13-15-24(16-14-20)32-19-26(30)29(18-23-12-8-7-9-21(23)2)25(27(31)28-3)17-22-10-5-4-6-11-22/h4-16,25H,17-19H2,1-3H3,(H,28,31)/t25-/m0/s1. The number of likely N-dealkylation sites (N-methyl/N-ethyl adjacent to an activating group) is 1. The lowest BCUT2D eigenvalue weighted by Gasteiger charge is -2.31. The van der Waals surface area contributed by atoms with E-state index in [1.807, 2.05) is 92.7 Å². The van der Waals surface area contributed by atoms with Gasteiger partial charge in [0.1, 0.15) is 6.04 Å². The first-order valence-corrected chi connectivity index (χ1v) is 11.8. The topological polar surface area (TPSA) is 49.4 Å². The van der Waals surface area contributed by atoms with Crippen molar-refractivity contribution >= 4 is 23.6 Å². The Bertz CT molecular complexity index is 1040. The Kier molecular flexibility index (Phi) is 8.51. The van der Waals surface area contributed by atoms with E-state index in [1.54, 1.807) is 11.9 Å². The minimum atomic E-state index is -0.590. The fraction of sp³-hybridized carbons (Fsp3) is 0.259. The van der Waals surface area contributed by atoms with Crippen LogP contribution in [-0.4, -0.2) is 35.6 Å². The number of hydrogen-bond acceptors (Lipinski definition) is 3. The third kappa shape index (κ3) is 6.47. The molecule has 0 saturated heterocycles. The number of carbonyl (C=O) groups excluding carboxylic acids is 2. The lowest BCUT2D eigenvalue weighted by molar-refractivity contribution is -0.139. The molecule has 4 nitrogen and oxygen atoms in total. The summed E-state index contributed by atoms with van der Waals surface area (Å²) in [5, 5.41) is 2.76. The molecule has 3 aromatic carbocycles. The number of nitrogens with one attached hydrogen (secondary N) is 1. The van der Waals surface area contributed by atoms with Crippen LogP contribution in [0.2, 0.25) is 0 Å². The van der Waals surface area contributed by atoms with Crippen LogP contribution in [0.4, 0.5) is 0 Å². The molecule has 3 rings (SSSR count). The van der Waals surface area contributed by atoms with Gasteiger partial charge in [0, 0.05) is 24.9 Å². The second-order valence-corrected chi connectivity index (χ2v) is 8.92. The van der Waals surface area contributed by atoms with Gasteiger partial charge in [-0.1, -0.05) is 72.3 Å². The van der Waals surface area contributed by atoms with E-state index in [4.69, 9.17) is 0 Å². The molecule has 0 fully saturated rings. The molecule has 3 aromatic rings. The normalized spacial score (nSPS) is 11.6. The Morgan fingerprint density at radius 3 is 2.22 bits per heavy atom. The van der Waals surface area contributed by atoms with Crippen LogP contribution in [0, 0.1) is 13.8 Å². The second-order valence-electron chi connectivity index (χ2n) is 7.87. The van der Waals surface area contributed by atoms with Crippen LogP contribution >= 0.6 is 11.8 Å². The molecule has 2 amide bonds. The van der Waals surface area contributed by atoms with Gasteiger partial charge in [-0.25, -0.2) is 0 Å². The molecular weight excluding hydrogens is 416 g/mol. The highest BCUT2D eigenvalue weighted by molar-refractivity contribution is 8.00. The number of amides is 2. The Morgan fingerprint density at radius 1 is 0.906 bits per heavy atom. The van der Waals surface area contributed by atoms with Crippen molar-refractivity contribution in [1.82, 2.24) is 10.2 Å². The van der Waals surface area contributed by atoms with Crippen molar-refractivity contribution in [3.05, 3.63) is 101 Å². The summed E-state index contributed by atoms with van der Waals surface area (Å²) >= 11 is 1.50. The van der Waals surface area contributed by atoms with Crippen LogP contribution in [0.25, 0.3) is 0 Å². The summed E-state index contributed by atoms with van der Waals surface area (Å²) in [7, 11) is 1.62. The van der Waals surface area contributed by atoms with E-state index in [2.05, 4.69) is 5.32 Å². The molecule has 5 heteroatoms. The summed E-state index contributed by atoms with van der Waals surface area (Å²) < 4.78 is 0. The maximum Gasteiger partial charge on any atom is 0.242 e. The number of aryl methyl sites for hydroxylation is 2. The van der Waals surface area contributed by atoms with Crippen molar-refractivity contribution < 1.29 is 9.59 Å². The summed E-state index contributed by atoms with van der Waals surface area (Å²) in [5.41, 5.74) is 4.36. The Balaban J connectivity index is 1.87. The molecule has 0 aromatic heterocycles. The number of thioether (sulfide) groups is 1. The monoisotopic (exact) mass is 446 g/mol. The highest BCUT2D eigenvalue weighted by atomic mass is 32.2. The minimum Gasteiger partial charge on any atom is -0.357 e. The molecule has 1 N–H and O–H groups in total. The number of hydrogen-bond donors (Lipinski definition) is 1. The van der Waals surface area contributed by atoms with Crippen LogP contribution in [0.15, 0.2) is 83.8 Å². The predicted molar refractivity (Wildman–Crippen MR) is 132 cm³/mol. The summed E-state index contributed by atoms with van der Waals surface area (Å²) in [6.45, 7) is 4.47. The molecule has 0 bridgehead atoms. The Hall–Kier alpha value is -3.05. The van der Waals surface area contributed by atoms with Crippen molar-refractivity contribution in [3.8, 4) is 0 Å². The van der Waals surface area contributed by atoms with E-state index >= 15 is 0 Å². The predicted octanol–water partition coefficient (Wildman–Crippen LogP) is 4.78. The highest BCUT2D eigenvalue weighted by Crippen LogP contribution is 2.22. The Morgan fingerprint density at radius 2 is 1.56 bits per heavy atom. The quantitative estimate of drug-likeness (QED) is 0.481. The summed E-state index contributed by atoms with van der Waals surface area (Å²) in [6, 6.07) is 25.4. The summed E-state index contributed by atoms with van der Waals surface area (Å²) in [5.74, 6) is 0.0662. The van der Waals surface area contributed by atoms with E-state index in [0.717, 1.165) is 21.6 Å². The van der Waals surface area contributed by atoms with Gasteiger partial charge in [-0.05, 0) is 42.7 Å². The number of benzene rings is 3. The average Bonchev–Trinajstić information content (AvgIpc) is 2.82. The minimum absolute atomic E-state index is 0.0524. The number of nitrogens with zero attached hydrogens (tertiary/aromatic N) is 1. The third-order valence-electron chi connectivity index (χ3n) is 5.50. The first-order valence-electron chi connectivity index (χ1n) is 10.8. The fourth-order valence-corrected chi connectivity index (χ4v) is 4.34. The van der Waals surface area contributed by atoms with Gasteiger partial charge >= 0.3 is 0 Å². The smallest absolute Gasteiger partial charge is 0.242 e. The van der Waals surface area contributed by atoms with Gasteiger partial charge in [0.25, 0.3) is 0 Å². The Labute approximate surface area is 195 Å². The third-order valence-corrected chi connectivity index (χ3v) is 6.50. The van der Waals surface area contributed by atoms with Gasteiger partial charge in [-0.2, -0.15) is 0 Å². The van der Waals surface area contributed by atoms with E-state index in [-0.39, 0.29) is 17.6 Å². The molecule has 0 aliphatic rings. The van der Waals surface area contributed by atoms with Crippen molar-refractivity contribution in [2.75, 3.05) is 12.8 Å². The molecule has 0 heterocycles. The fourth-order valence-electron chi connectivity index (χ4n) is 3.55. The van der Waals surface area contributed by atoms with Gasteiger partial charge < -0.3 is 10.2 Å². The number of carbonyl (C=O) groups is 2. The molecule has 166 valence electrons. The molecule has 0 aliphatic carbocycles. The van der Waals surface area contributed by atoms with Crippen LogP contribution in [0.1, 0.15) is 22.3 Å². The van der Waals surface area contributed by atoms with E-state index < -0.39 is 6.04 Å². The molecule has 32 heavy (non-hydrogen) atoms. The van der Waals surface area contributed by atoms with Crippen LogP contribution in [0.3, 0.4) is 0 Å². The number of rotatable bonds is 9.